The van der Waals surface area contributed by atoms with Crippen LogP contribution < -0.4 is 16.2 Å². The summed E-state index contributed by atoms with van der Waals surface area (Å²) >= 11 is 12.4. The summed E-state index contributed by atoms with van der Waals surface area (Å²) in [5, 5.41) is 10.5. The second-order valence-corrected chi connectivity index (χ2v) is 9.62. The van der Waals surface area contributed by atoms with Crippen LogP contribution >= 0.6 is 23.2 Å². The number of rotatable bonds is 4. The van der Waals surface area contributed by atoms with Crippen LogP contribution in [0.5, 0.6) is 0 Å². The maximum absolute atomic E-state index is 14.0. The van der Waals surface area contributed by atoms with E-state index in [1.54, 1.807) is 6.07 Å². The van der Waals surface area contributed by atoms with Crippen LogP contribution in [0.25, 0.3) is 16.6 Å². The number of hydrogen-bond donors (Lipinski definition) is 2. The Labute approximate surface area is 208 Å². The Morgan fingerprint density at radius 1 is 1.14 bits per heavy atom. The van der Waals surface area contributed by atoms with Gasteiger partial charge in [-0.25, -0.2) is 18.7 Å². The van der Waals surface area contributed by atoms with E-state index >= 15 is 0 Å². The van der Waals surface area contributed by atoms with E-state index in [9.17, 15) is 13.6 Å². The van der Waals surface area contributed by atoms with Gasteiger partial charge >= 0.3 is 0 Å². The van der Waals surface area contributed by atoms with Crippen LogP contribution in [0.4, 0.5) is 20.4 Å². The number of fused-ring (bicyclic) bond motifs is 3. The Morgan fingerprint density at radius 2 is 1.91 bits per heavy atom. The molecule has 7 nitrogen and oxygen atoms in total. The molecule has 2 aromatic heterocycles. The first-order valence-electron chi connectivity index (χ1n) is 11.0. The molecule has 1 saturated carbocycles. The molecule has 2 aromatic carbocycles. The van der Waals surface area contributed by atoms with Gasteiger partial charge in [0.2, 0.25) is 5.95 Å². The largest absolute Gasteiger partial charge is 0.324 e. The van der Waals surface area contributed by atoms with E-state index in [2.05, 4.69) is 31.8 Å². The summed E-state index contributed by atoms with van der Waals surface area (Å²) in [5.41, 5.74) is 1.91. The standard InChI is InChI=1S/C24H18Cl2F2N6O/c25-16-2-1-3-17(26)20(16)34-22(35)14-10-30-23(32-18(14)19(33-34)21(27)28)31-13-4-5-15-12(8-13)9-29-11-24(15)6-7-24/h1-5,8,10,21,29H,6-7,9,11H2,(H,30,31,32). The lowest BCUT2D eigenvalue weighted by Gasteiger charge is -2.26. The molecule has 2 aliphatic rings. The molecule has 1 aliphatic heterocycles. The lowest BCUT2D eigenvalue weighted by molar-refractivity contribution is 0.145. The van der Waals surface area contributed by atoms with Gasteiger partial charge in [-0.05, 0) is 48.2 Å². The third-order valence-corrected chi connectivity index (χ3v) is 7.19. The molecule has 4 aromatic rings. The van der Waals surface area contributed by atoms with Crippen LogP contribution in [-0.4, -0.2) is 26.3 Å². The van der Waals surface area contributed by atoms with Gasteiger partial charge in [0.05, 0.1) is 15.4 Å². The quantitative estimate of drug-likeness (QED) is 0.384. The smallest absolute Gasteiger partial charge is 0.284 e. The Hall–Kier alpha value is -3.14. The molecule has 0 atom stereocenters. The first-order chi connectivity index (χ1) is 16.9. The Bertz CT molecular complexity index is 1530. The highest BCUT2D eigenvalue weighted by Crippen LogP contribution is 2.50. The van der Waals surface area contributed by atoms with Gasteiger partial charge in [-0.2, -0.15) is 9.78 Å². The van der Waals surface area contributed by atoms with Gasteiger partial charge in [0.15, 0.2) is 5.69 Å². The second kappa shape index (κ2) is 8.22. The minimum Gasteiger partial charge on any atom is -0.324 e. The van der Waals surface area contributed by atoms with Crippen LogP contribution in [0, 0.1) is 0 Å². The minimum atomic E-state index is -3.00. The van der Waals surface area contributed by atoms with E-state index in [0.29, 0.717) is 0 Å². The molecule has 0 saturated heterocycles. The van der Waals surface area contributed by atoms with Crippen molar-refractivity contribution in [2.24, 2.45) is 0 Å². The van der Waals surface area contributed by atoms with Gasteiger partial charge in [0.25, 0.3) is 12.0 Å². The molecule has 6 rings (SSSR count). The summed E-state index contributed by atoms with van der Waals surface area (Å²) in [7, 11) is 0. The number of para-hydroxylation sites is 1. The highest BCUT2D eigenvalue weighted by molar-refractivity contribution is 6.37. The van der Waals surface area contributed by atoms with E-state index in [4.69, 9.17) is 23.2 Å². The van der Waals surface area contributed by atoms with E-state index in [-0.39, 0.29) is 38.0 Å². The van der Waals surface area contributed by atoms with Gasteiger partial charge < -0.3 is 10.6 Å². The molecule has 1 fully saturated rings. The molecule has 178 valence electrons. The molecule has 0 bridgehead atoms. The lowest BCUT2D eigenvalue weighted by Crippen LogP contribution is -2.33. The molecule has 1 spiro atoms. The predicted molar refractivity (Wildman–Crippen MR) is 130 cm³/mol. The average Bonchev–Trinajstić information content (AvgIpc) is 3.60. The molecule has 0 unspecified atom stereocenters. The number of nitrogens with zero attached hydrogens (tertiary/aromatic N) is 4. The van der Waals surface area contributed by atoms with Crippen LogP contribution in [0.3, 0.4) is 0 Å². The van der Waals surface area contributed by atoms with Gasteiger partial charge in [-0.3, -0.25) is 4.79 Å². The van der Waals surface area contributed by atoms with Crippen molar-refractivity contribution >= 4 is 45.7 Å². The fourth-order valence-electron chi connectivity index (χ4n) is 4.69. The van der Waals surface area contributed by atoms with Crippen LogP contribution in [0.15, 0.2) is 47.4 Å². The molecule has 3 heterocycles. The third kappa shape index (κ3) is 3.74. The van der Waals surface area contributed by atoms with Crippen LogP contribution in [0.2, 0.25) is 10.0 Å². The van der Waals surface area contributed by atoms with Crippen molar-refractivity contribution in [3.8, 4) is 5.69 Å². The topological polar surface area (TPSA) is 84.7 Å². The maximum atomic E-state index is 14.0. The fourth-order valence-corrected chi connectivity index (χ4v) is 5.25. The maximum Gasteiger partial charge on any atom is 0.284 e. The Kier molecular flexibility index (Phi) is 5.24. The molecular formula is C24H18Cl2F2N6O. The summed E-state index contributed by atoms with van der Waals surface area (Å²) in [6.45, 7) is 1.75. The van der Waals surface area contributed by atoms with Crippen LogP contribution in [-0.2, 0) is 12.0 Å². The monoisotopic (exact) mass is 514 g/mol. The van der Waals surface area contributed by atoms with Crippen molar-refractivity contribution in [1.82, 2.24) is 25.1 Å². The molecule has 1 aliphatic carbocycles. The minimum absolute atomic E-state index is 0.0166. The zero-order valence-corrected chi connectivity index (χ0v) is 19.7. The van der Waals surface area contributed by atoms with Crippen LogP contribution in [0.1, 0.15) is 36.1 Å². The number of alkyl halides is 2. The summed E-state index contributed by atoms with van der Waals surface area (Å²) < 4.78 is 28.8. The predicted octanol–water partition coefficient (Wildman–Crippen LogP) is 5.30. The van der Waals surface area contributed by atoms with E-state index in [1.807, 2.05) is 12.1 Å². The molecule has 35 heavy (non-hydrogen) atoms. The van der Waals surface area contributed by atoms with E-state index < -0.39 is 17.7 Å². The Morgan fingerprint density at radius 3 is 2.63 bits per heavy atom. The zero-order valence-electron chi connectivity index (χ0n) is 18.2. The van der Waals surface area contributed by atoms with Gasteiger partial charge in [0, 0.05) is 30.4 Å². The van der Waals surface area contributed by atoms with Crippen molar-refractivity contribution in [2.75, 3.05) is 11.9 Å². The first-order valence-corrected chi connectivity index (χ1v) is 11.8. The number of nitrogens with one attached hydrogen (secondary N) is 2. The van der Waals surface area contributed by atoms with Crippen molar-refractivity contribution in [3.05, 3.63) is 79.8 Å². The van der Waals surface area contributed by atoms with Gasteiger partial charge in [-0.15, -0.1) is 0 Å². The first kappa shape index (κ1) is 22.3. The molecule has 2 N–H and O–H groups in total. The molecular weight excluding hydrogens is 497 g/mol. The van der Waals surface area contributed by atoms with Crippen molar-refractivity contribution in [3.63, 3.8) is 0 Å². The van der Waals surface area contributed by atoms with E-state index in [1.165, 1.54) is 42.3 Å². The van der Waals surface area contributed by atoms with Crippen molar-refractivity contribution in [2.45, 2.75) is 31.2 Å². The number of anilines is 2. The SMILES string of the molecule is O=c1c2cnc(Nc3ccc4c(c3)CNCC43CC3)nc2c(C(F)F)nn1-c1c(Cl)cccc1Cl. The summed E-state index contributed by atoms with van der Waals surface area (Å²) in [6, 6.07) is 10.6. The molecule has 0 amide bonds. The number of aromatic nitrogens is 4. The third-order valence-electron chi connectivity index (χ3n) is 6.58. The number of benzene rings is 2. The Balaban J connectivity index is 1.42. The number of halogens is 4. The second-order valence-electron chi connectivity index (χ2n) is 8.81. The normalized spacial score (nSPS) is 16.0. The summed E-state index contributed by atoms with van der Waals surface area (Å²) in [5.74, 6) is 0.0824. The van der Waals surface area contributed by atoms with E-state index in [0.717, 1.165) is 23.5 Å². The molecule has 11 heteroatoms. The zero-order chi connectivity index (χ0) is 24.3. The average molecular weight is 515 g/mol. The lowest BCUT2D eigenvalue weighted by atomic mass is 9.88. The highest BCUT2D eigenvalue weighted by atomic mass is 35.5. The summed E-state index contributed by atoms with van der Waals surface area (Å²) in [4.78, 5) is 21.6. The summed E-state index contributed by atoms with van der Waals surface area (Å²) in [6.07, 6.45) is 0.556. The van der Waals surface area contributed by atoms with Gasteiger partial charge in [-0.1, -0.05) is 35.3 Å². The van der Waals surface area contributed by atoms with Crippen molar-refractivity contribution < 1.29 is 8.78 Å². The number of hydrogen-bond acceptors (Lipinski definition) is 6. The van der Waals surface area contributed by atoms with Gasteiger partial charge in [0.1, 0.15) is 11.2 Å². The molecule has 0 radical (unpaired) electrons. The van der Waals surface area contributed by atoms with Crippen molar-refractivity contribution in [1.29, 1.82) is 0 Å². The fraction of sp³-hybridized carbons (Fsp3) is 0.250. The highest BCUT2D eigenvalue weighted by Gasteiger charge is 2.46.